The molecule has 0 N–H and O–H groups in total. The molecule has 7 rings (SSSR count). The molecule has 33 heavy (non-hydrogen) atoms. The van der Waals surface area contributed by atoms with Crippen molar-refractivity contribution in [2.75, 3.05) is 0 Å². The Bertz CT molecular complexity index is 1830. The highest BCUT2D eigenvalue weighted by atomic mass is 35.5. The van der Waals surface area contributed by atoms with Gasteiger partial charge in [-0.3, -0.25) is 0 Å². The first-order valence-corrected chi connectivity index (χ1v) is 12.2. The monoisotopic (exact) mass is 459 g/mol. The molecule has 0 saturated heterocycles. The van der Waals surface area contributed by atoms with Gasteiger partial charge in [-0.05, 0) is 59.7 Å². The highest BCUT2D eigenvalue weighted by Gasteiger charge is 2.14. The maximum absolute atomic E-state index is 6.23. The molecule has 2 aromatic heterocycles. The Morgan fingerprint density at radius 2 is 1.24 bits per heavy atom. The van der Waals surface area contributed by atoms with Crippen molar-refractivity contribution in [1.82, 2.24) is 4.57 Å². The number of hydrogen-bond donors (Lipinski definition) is 0. The van der Waals surface area contributed by atoms with Gasteiger partial charge in [0.2, 0.25) is 0 Å². The van der Waals surface area contributed by atoms with E-state index in [1.54, 1.807) is 11.3 Å². The minimum Gasteiger partial charge on any atom is -0.309 e. The van der Waals surface area contributed by atoms with Gasteiger partial charge in [-0.1, -0.05) is 72.3 Å². The Morgan fingerprint density at radius 3 is 2.15 bits per heavy atom. The maximum atomic E-state index is 6.23. The van der Waals surface area contributed by atoms with E-state index in [0.29, 0.717) is 0 Å². The van der Waals surface area contributed by atoms with Crippen LogP contribution in [0.2, 0.25) is 5.02 Å². The van der Waals surface area contributed by atoms with E-state index in [1.165, 1.54) is 58.8 Å². The van der Waals surface area contributed by atoms with E-state index < -0.39 is 0 Å². The number of para-hydroxylation sites is 2. The summed E-state index contributed by atoms with van der Waals surface area (Å²) in [5.74, 6) is 0. The summed E-state index contributed by atoms with van der Waals surface area (Å²) in [4.78, 5) is 0. The Kier molecular flexibility index (Phi) is 4.14. The van der Waals surface area contributed by atoms with Crippen molar-refractivity contribution < 1.29 is 0 Å². The van der Waals surface area contributed by atoms with E-state index >= 15 is 0 Å². The quantitative estimate of drug-likeness (QED) is 0.242. The minimum atomic E-state index is 0.786. The summed E-state index contributed by atoms with van der Waals surface area (Å²) in [6.45, 7) is 0. The van der Waals surface area contributed by atoms with Gasteiger partial charge < -0.3 is 4.57 Å². The number of hydrogen-bond acceptors (Lipinski definition) is 1. The number of aromatic nitrogens is 1. The Labute approximate surface area is 200 Å². The normalized spacial score (nSPS) is 11.8. The lowest BCUT2D eigenvalue weighted by Gasteiger charge is -2.09. The smallest absolute Gasteiger partial charge is 0.0547 e. The van der Waals surface area contributed by atoms with Gasteiger partial charge in [0.25, 0.3) is 0 Å². The lowest BCUT2D eigenvalue weighted by Crippen LogP contribution is -1.93. The zero-order valence-electron chi connectivity index (χ0n) is 17.6. The number of benzene rings is 5. The molecular weight excluding hydrogens is 442 g/mol. The fourth-order valence-electron chi connectivity index (χ4n) is 4.94. The molecule has 0 fully saturated rings. The van der Waals surface area contributed by atoms with E-state index in [-0.39, 0.29) is 0 Å². The van der Waals surface area contributed by atoms with E-state index in [1.807, 2.05) is 6.07 Å². The first kappa shape index (κ1) is 18.9. The van der Waals surface area contributed by atoms with Crippen LogP contribution in [0.3, 0.4) is 0 Å². The third-order valence-electron chi connectivity index (χ3n) is 6.45. The van der Waals surface area contributed by atoms with E-state index in [9.17, 15) is 0 Å². The minimum absolute atomic E-state index is 0.786. The molecule has 0 bridgehead atoms. The Hall–Kier alpha value is -3.59. The topological polar surface area (TPSA) is 4.93 Å². The van der Waals surface area contributed by atoms with Gasteiger partial charge in [0.15, 0.2) is 0 Å². The van der Waals surface area contributed by atoms with Gasteiger partial charge in [-0.15, -0.1) is 11.3 Å². The molecule has 2 heterocycles. The number of rotatable bonds is 2. The molecule has 0 spiro atoms. The van der Waals surface area contributed by atoms with Gasteiger partial charge in [-0.25, -0.2) is 0 Å². The van der Waals surface area contributed by atoms with Crippen molar-refractivity contribution in [3.05, 3.63) is 114 Å². The van der Waals surface area contributed by atoms with Crippen molar-refractivity contribution in [3.8, 4) is 16.8 Å². The second kappa shape index (κ2) is 7.21. The summed E-state index contributed by atoms with van der Waals surface area (Å²) < 4.78 is 4.89. The summed E-state index contributed by atoms with van der Waals surface area (Å²) in [5, 5.41) is 5.89. The van der Waals surface area contributed by atoms with Crippen LogP contribution in [0, 0.1) is 0 Å². The van der Waals surface area contributed by atoms with Crippen LogP contribution in [0.25, 0.3) is 58.8 Å². The summed E-state index contributed by atoms with van der Waals surface area (Å²) in [5.41, 5.74) is 6.08. The highest BCUT2D eigenvalue weighted by Crippen LogP contribution is 2.39. The van der Waals surface area contributed by atoms with Crippen LogP contribution in [-0.4, -0.2) is 4.57 Å². The number of halogens is 1. The molecule has 0 aliphatic heterocycles. The molecule has 0 saturated carbocycles. The van der Waals surface area contributed by atoms with Crippen LogP contribution >= 0.6 is 22.9 Å². The molecule has 0 aliphatic rings. The van der Waals surface area contributed by atoms with E-state index in [0.717, 1.165) is 5.02 Å². The Morgan fingerprint density at radius 1 is 0.515 bits per heavy atom. The maximum Gasteiger partial charge on any atom is 0.0547 e. The first-order valence-electron chi connectivity index (χ1n) is 11.0. The van der Waals surface area contributed by atoms with Crippen LogP contribution in [0.15, 0.2) is 109 Å². The molecule has 7 aromatic rings. The Balaban J connectivity index is 1.49. The van der Waals surface area contributed by atoms with Gasteiger partial charge in [0.1, 0.15) is 0 Å². The third-order valence-corrected chi connectivity index (χ3v) is 7.82. The summed E-state index contributed by atoms with van der Waals surface area (Å²) in [6.07, 6.45) is 0. The number of nitrogens with zero attached hydrogens (tertiary/aromatic N) is 1. The molecule has 0 atom stereocenters. The SMILES string of the molecule is Clc1ccc2c(c1)sc1ccc(-c3ccc4c5ccccc5n(-c5ccccc5)c4c3)cc12. The van der Waals surface area contributed by atoms with Crippen molar-refractivity contribution >= 4 is 64.9 Å². The van der Waals surface area contributed by atoms with Crippen LogP contribution in [0.1, 0.15) is 0 Å². The van der Waals surface area contributed by atoms with Gasteiger partial charge in [-0.2, -0.15) is 0 Å². The van der Waals surface area contributed by atoms with Crippen LogP contribution in [0.5, 0.6) is 0 Å². The van der Waals surface area contributed by atoms with Gasteiger partial charge in [0, 0.05) is 41.7 Å². The lowest BCUT2D eigenvalue weighted by molar-refractivity contribution is 1.18. The van der Waals surface area contributed by atoms with E-state index in [4.69, 9.17) is 11.6 Å². The van der Waals surface area contributed by atoms with E-state index in [2.05, 4.69) is 108 Å². The molecule has 1 nitrogen and oxygen atoms in total. The molecule has 0 radical (unpaired) electrons. The molecule has 5 aromatic carbocycles. The zero-order chi connectivity index (χ0) is 21.9. The lowest BCUT2D eigenvalue weighted by atomic mass is 10.0. The average Bonchev–Trinajstić information content (AvgIpc) is 3.38. The summed E-state index contributed by atoms with van der Waals surface area (Å²) in [7, 11) is 0. The molecule has 156 valence electrons. The van der Waals surface area contributed by atoms with Gasteiger partial charge in [0.05, 0.1) is 11.0 Å². The second-order valence-corrected chi connectivity index (χ2v) is 9.89. The second-order valence-electron chi connectivity index (χ2n) is 8.37. The first-order chi connectivity index (χ1) is 16.3. The highest BCUT2D eigenvalue weighted by molar-refractivity contribution is 7.25. The zero-order valence-corrected chi connectivity index (χ0v) is 19.2. The predicted octanol–water partition coefficient (Wildman–Crippen LogP) is 9.47. The summed E-state index contributed by atoms with van der Waals surface area (Å²) in [6, 6.07) is 39.1. The standard InChI is InChI=1S/C30H18ClNS/c31-21-12-14-25-26-16-19(11-15-29(26)33-30(25)18-21)20-10-13-24-23-8-4-5-9-27(23)32(28(24)17-20)22-6-2-1-3-7-22/h1-18H. The fourth-order valence-corrected chi connectivity index (χ4v) is 6.30. The van der Waals surface area contributed by atoms with Crippen molar-refractivity contribution in [2.24, 2.45) is 0 Å². The fraction of sp³-hybridized carbons (Fsp3) is 0. The molecule has 0 aliphatic carbocycles. The van der Waals surface area contributed by atoms with Crippen LogP contribution in [-0.2, 0) is 0 Å². The number of fused-ring (bicyclic) bond motifs is 6. The van der Waals surface area contributed by atoms with Crippen LogP contribution < -0.4 is 0 Å². The average molecular weight is 460 g/mol. The molecule has 3 heteroatoms. The molecule has 0 unspecified atom stereocenters. The third kappa shape index (κ3) is 2.92. The predicted molar refractivity (Wildman–Crippen MR) is 144 cm³/mol. The van der Waals surface area contributed by atoms with Crippen LogP contribution in [0.4, 0.5) is 0 Å². The molecular formula is C30H18ClNS. The summed E-state index contributed by atoms with van der Waals surface area (Å²) >= 11 is 8.03. The van der Waals surface area contributed by atoms with Crippen molar-refractivity contribution in [3.63, 3.8) is 0 Å². The van der Waals surface area contributed by atoms with Crippen molar-refractivity contribution in [2.45, 2.75) is 0 Å². The molecule has 0 amide bonds. The number of thiophene rings is 1. The van der Waals surface area contributed by atoms with Gasteiger partial charge >= 0.3 is 0 Å². The largest absolute Gasteiger partial charge is 0.309 e. The van der Waals surface area contributed by atoms with Crippen molar-refractivity contribution in [1.29, 1.82) is 0 Å².